The predicted octanol–water partition coefficient (Wildman–Crippen LogP) is 2.88. The molecule has 0 radical (unpaired) electrons. The average molecular weight is 345 g/mol. The third-order valence-electron chi connectivity index (χ3n) is 4.34. The second-order valence-corrected chi connectivity index (χ2v) is 6.32. The highest BCUT2D eigenvalue weighted by atomic mass is 35.5. The van der Waals surface area contributed by atoms with Crippen LogP contribution in [-0.4, -0.2) is 48.0 Å². The third-order valence-corrected chi connectivity index (χ3v) is 4.57. The Labute approximate surface area is 147 Å². The second kappa shape index (κ2) is 7.64. The number of hydrogen-bond acceptors (Lipinski definition) is 4. The number of carbonyl (C=O) groups excluding carboxylic acids is 1. The van der Waals surface area contributed by atoms with Gasteiger partial charge >= 0.3 is 0 Å². The fraction of sp³-hybridized carbons (Fsp3) is 0.333. The molecular formula is C18H21ClN4O. The van der Waals surface area contributed by atoms with Gasteiger partial charge in [-0.15, -0.1) is 0 Å². The van der Waals surface area contributed by atoms with Crippen LogP contribution in [-0.2, 0) is 4.79 Å². The molecule has 24 heavy (non-hydrogen) atoms. The molecule has 2 aromatic rings. The van der Waals surface area contributed by atoms with Gasteiger partial charge < -0.3 is 10.2 Å². The lowest BCUT2D eigenvalue weighted by atomic mass is 10.2. The largest absolute Gasteiger partial charge is 0.369 e. The minimum absolute atomic E-state index is 0.0435. The lowest BCUT2D eigenvalue weighted by Gasteiger charge is -2.38. The smallest absolute Gasteiger partial charge is 0.242 e. The van der Waals surface area contributed by atoms with E-state index in [1.807, 2.05) is 13.0 Å². The summed E-state index contributed by atoms with van der Waals surface area (Å²) in [6, 6.07) is 13.6. The van der Waals surface area contributed by atoms with Crippen molar-refractivity contribution in [1.82, 2.24) is 9.88 Å². The molecule has 1 amide bonds. The van der Waals surface area contributed by atoms with Gasteiger partial charge in [0, 0.05) is 38.1 Å². The van der Waals surface area contributed by atoms with Gasteiger partial charge in [0.2, 0.25) is 5.91 Å². The second-order valence-electron chi connectivity index (χ2n) is 5.89. The molecular weight excluding hydrogens is 324 g/mol. The first kappa shape index (κ1) is 16.7. The van der Waals surface area contributed by atoms with Gasteiger partial charge in [-0.3, -0.25) is 9.69 Å². The van der Waals surface area contributed by atoms with Crippen LogP contribution in [0.3, 0.4) is 0 Å². The molecule has 6 heteroatoms. The van der Waals surface area contributed by atoms with Crippen molar-refractivity contribution >= 4 is 29.0 Å². The van der Waals surface area contributed by atoms with Gasteiger partial charge in [-0.05, 0) is 31.2 Å². The van der Waals surface area contributed by atoms with Crippen LogP contribution in [0.15, 0.2) is 48.7 Å². The van der Waals surface area contributed by atoms with Crippen molar-refractivity contribution in [3.8, 4) is 0 Å². The highest BCUT2D eigenvalue weighted by Crippen LogP contribution is 2.17. The summed E-state index contributed by atoms with van der Waals surface area (Å²) in [4.78, 5) is 21.1. The van der Waals surface area contributed by atoms with Gasteiger partial charge in [-0.25, -0.2) is 4.98 Å². The Morgan fingerprint density at radius 3 is 2.46 bits per heavy atom. The number of anilines is 2. The number of nitrogens with one attached hydrogen (secondary N) is 1. The van der Waals surface area contributed by atoms with E-state index >= 15 is 0 Å². The molecule has 1 aromatic carbocycles. The molecule has 126 valence electrons. The first-order chi connectivity index (χ1) is 11.6. The van der Waals surface area contributed by atoms with Crippen molar-refractivity contribution < 1.29 is 4.79 Å². The molecule has 5 nitrogen and oxygen atoms in total. The van der Waals surface area contributed by atoms with E-state index in [-0.39, 0.29) is 11.9 Å². The molecule has 1 N–H and O–H groups in total. The predicted molar refractivity (Wildman–Crippen MR) is 97.6 cm³/mol. The molecule has 1 atom stereocenters. The number of pyridine rings is 1. The Kier molecular flexibility index (Phi) is 5.33. The average Bonchev–Trinajstić information content (AvgIpc) is 2.64. The number of rotatable bonds is 4. The van der Waals surface area contributed by atoms with Crippen molar-refractivity contribution in [3.63, 3.8) is 0 Å². The van der Waals surface area contributed by atoms with Crippen LogP contribution in [0.5, 0.6) is 0 Å². The van der Waals surface area contributed by atoms with E-state index in [1.165, 1.54) is 11.9 Å². The molecule has 0 bridgehead atoms. The molecule has 3 rings (SSSR count). The SMILES string of the molecule is C[C@H](C(=O)Nc1ccc(Cl)cn1)N1CCN(c2ccccc2)CC1. The number of para-hydroxylation sites is 1. The number of hydrogen-bond donors (Lipinski definition) is 1. The van der Waals surface area contributed by atoms with E-state index in [4.69, 9.17) is 11.6 Å². The standard InChI is InChI=1S/C18H21ClN4O/c1-14(18(24)21-17-8-7-15(19)13-20-17)22-9-11-23(12-10-22)16-5-3-2-4-6-16/h2-8,13-14H,9-12H2,1H3,(H,20,21,24)/t14-/m1/s1. The molecule has 1 aliphatic rings. The lowest BCUT2D eigenvalue weighted by Crippen LogP contribution is -2.52. The summed E-state index contributed by atoms with van der Waals surface area (Å²) < 4.78 is 0. The number of carbonyl (C=O) groups is 1. The molecule has 1 saturated heterocycles. The summed E-state index contributed by atoms with van der Waals surface area (Å²) in [6.45, 7) is 5.49. The fourth-order valence-electron chi connectivity index (χ4n) is 2.85. The fourth-order valence-corrected chi connectivity index (χ4v) is 2.96. The normalized spacial score (nSPS) is 16.7. The maximum atomic E-state index is 12.4. The van der Waals surface area contributed by atoms with Crippen LogP contribution in [0.4, 0.5) is 11.5 Å². The van der Waals surface area contributed by atoms with E-state index < -0.39 is 0 Å². The zero-order valence-corrected chi connectivity index (χ0v) is 14.4. The Bertz CT molecular complexity index is 669. The molecule has 0 saturated carbocycles. The summed E-state index contributed by atoms with van der Waals surface area (Å²) in [6.07, 6.45) is 1.53. The van der Waals surface area contributed by atoms with E-state index in [0.29, 0.717) is 10.8 Å². The number of nitrogens with zero attached hydrogens (tertiary/aromatic N) is 3. The molecule has 0 spiro atoms. The van der Waals surface area contributed by atoms with E-state index in [0.717, 1.165) is 26.2 Å². The van der Waals surface area contributed by atoms with Crippen LogP contribution in [0, 0.1) is 0 Å². The van der Waals surface area contributed by atoms with Crippen molar-refractivity contribution in [1.29, 1.82) is 0 Å². The van der Waals surface area contributed by atoms with Crippen LogP contribution in [0.1, 0.15) is 6.92 Å². The zero-order chi connectivity index (χ0) is 16.9. The topological polar surface area (TPSA) is 48.5 Å². The van der Waals surface area contributed by atoms with Crippen LogP contribution in [0.2, 0.25) is 5.02 Å². The van der Waals surface area contributed by atoms with Crippen LogP contribution in [0.25, 0.3) is 0 Å². The van der Waals surface area contributed by atoms with Crippen molar-refractivity contribution in [3.05, 3.63) is 53.7 Å². The first-order valence-corrected chi connectivity index (χ1v) is 8.48. The Balaban J connectivity index is 1.53. The minimum Gasteiger partial charge on any atom is -0.369 e. The first-order valence-electron chi connectivity index (χ1n) is 8.10. The number of aromatic nitrogens is 1. The summed E-state index contributed by atoms with van der Waals surface area (Å²) in [5.74, 6) is 0.483. The van der Waals surface area contributed by atoms with Crippen LogP contribution < -0.4 is 10.2 Å². The Morgan fingerprint density at radius 1 is 1.12 bits per heavy atom. The van der Waals surface area contributed by atoms with E-state index in [2.05, 4.69) is 44.4 Å². The molecule has 0 aliphatic carbocycles. The van der Waals surface area contributed by atoms with Crippen molar-refractivity contribution in [2.75, 3.05) is 36.4 Å². The third kappa shape index (κ3) is 4.04. The maximum Gasteiger partial charge on any atom is 0.242 e. The number of amides is 1. The highest BCUT2D eigenvalue weighted by molar-refractivity contribution is 6.30. The van der Waals surface area contributed by atoms with Crippen molar-refractivity contribution in [2.24, 2.45) is 0 Å². The summed E-state index contributed by atoms with van der Waals surface area (Å²) >= 11 is 5.81. The highest BCUT2D eigenvalue weighted by Gasteiger charge is 2.25. The van der Waals surface area contributed by atoms with Gasteiger partial charge in [0.05, 0.1) is 11.1 Å². The Morgan fingerprint density at radius 2 is 1.83 bits per heavy atom. The van der Waals surface area contributed by atoms with Gasteiger partial charge in [0.15, 0.2) is 0 Å². The zero-order valence-electron chi connectivity index (χ0n) is 13.7. The summed E-state index contributed by atoms with van der Waals surface area (Å²) in [7, 11) is 0. The monoisotopic (exact) mass is 344 g/mol. The molecule has 1 aliphatic heterocycles. The van der Waals surface area contributed by atoms with Gasteiger partial charge in [0.25, 0.3) is 0 Å². The molecule has 0 unspecified atom stereocenters. The molecule has 2 heterocycles. The quantitative estimate of drug-likeness (QED) is 0.926. The maximum absolute atomic E-state index is 12.4. The lowest BCUT2D eigenvalue weighted by molar-refractivity contribution is -0.120. The van der Waals surface area contributed by atoms with Crippen molar-refractivity contribution in [2.45, 2.75) is 13.0 Å². The summed E-state index contributed by atoms with van der Waals surface area (Å²) in [5, 5.41) is 3.40. The summed E-state index contributed by atoms with van der Waals surface area (Å²) in [5.41, 5.74) is 1.24. The number of piperazine rings is 1. The van der Waals surface area contributed by atoms with Gasteiger partial charge in [-0.2, -0.15) is 0 Å². The van der Waals surface area contributed by atoms with Crippen LogP contribution >= 0.6 is 11.6 Å². The minimum atomic E-state index is -0.194. The number of halogens is 1. The van der Waals surface area contributed by atoms with Gasteiger partial charge in [-0.1, -0.05) is 29.8 Å². The number of benzene rings is 1. The Hall–Kier alpha value is -2.11. The molecule has 1 fully saturated rings. The van der Waals surface area contributed by atoms with Gasteiger partial charge in [0.1, 0.15) is 5.82 Å². The van der Waals surface area contributed by atoms with E-state index in [1.54, 1.807) is 12.1 Å². The van der Waals surface area contributed by atoms with E-state index in [9.17, 15) is 4.79 Å². The molecule has 1 aromatic heterocycles.